The van der Waals surface area contributed by atoms with Crippen molar-refractivity contribution >= 4 is 39.1 Å². The quantitative estimate of drug-likeness (QED) is 0.438. The Hall–Kier alpha value is -2.73. The molecule has 3 aromatic rings. The molecule has 0 radical (unpaired) electrons. The summed E-state index contributed by atoms with van der Waals surface area (Å²) in [7, 11) is 0. The van der Waals surface area contributed by atoms with Crippen LogP contribution in [0.2, 0.25) is 0 Å². The molecule has 0 spiro atoms. The monoisotopic (exact) mass is 396 g/mol. The zero-order valence-electron chi connectivity index (χ0n) is 16.2. The number of hydrogen-bond donors (Lipinski definition) is 1. The minimum absolute atomic E-state index is 0.0667. The van der Waals surface area contributed by atoms with Crippen LogP contribution in [0.5, 0.6) is 0 Å². The number of carbonyl (C=O) groups is 2. The third kappa shape index (κ3) is 5.39. The number of aryl methyl sites for hydroxylation is 3. The second kappa shape index (κ2) is 9.46. The van der Waals surface area contributed by atoms with Crippen molar-refractivity contribution in [3.63, 3.8) is 0 Å². The molecule has 0 fully saturated rings. The highest BCUT2D eigenvalue weighted by Crippen LogP contribution is 2.22. The van der Waals surface area contributed by atoms with E-state index in [0.29, 0.717) is 25.7 Å². The number of thiazole rings is 1. The van der Waals surface area contributed by atoms with Crippen LogP contribution in [-0.4, -0.2) is 23.5 Å². The number of ether oxygens (including phenoxy) is 1. The van der Waals surface area contributed by atoms with Gasteiger partial charge in [-0.3, -0.25) is 9.59 Å². The predicted octanol–water partition coefficient (Wildman–Crippen LogP) is 4.81. The van der Waals surface area contributed by atoms with E-state index in [2.05, 4.69) is 10.3 Å². The largest absolute Gasteiger partial charge is 0.466 e. The van der Waals surface area contributed by atoms with E-state index >= 15 is 0 Å². The van der Waals surface area contributed by atoms with E-state index in [-0.39, 0.29) is 18.5 Å². The minimum Gasteiger partial charge on any atom is -0.466 e. The molecule has 3 rings (SSSR count). The first kappa shape index (κ1) is 20.0. The standard InChI is InChI=1S/C22H24N2O3S/c1-15-7-5-8-16(2)22(15)24-19(25)11-6-14-27-21(26)13-12-20-23-17-9-3-4-10-18(17)28-20/h3-5,7-10H,6,11-14H2,1-2H3,(H,24,25). The molecule has 0 saturated carbocycles. The van der Waals surface area contributed by atoms with Crippen LogP contribution < -0.4 is 5.32 Å². The number of esters is 1. The first-order chi connectivity index (χ1) is 13.5. The van der Waals surface area contributed by atoms with Crippen molar-refractivity contribution in [3.05, 3.63) is 58.6 Å². The lowest BCUT2D eigenvalue weighted by Crippen LogP contribution is -2.15. The smallest absolute Gasteiger partial charge is 0.306 e. The summed E-state index contributed by atoms with van der Waals surface area (Å²) in [5.74, 6) is -0.322. The van der Waals surface area contributed by atoms with E-state index in [1.54, 1.807) is 11.3 Å². The number of benzene rings is 2. The molecule has 28 heavy (non-hydrogen) atoms. The van der Waals surface area contributed by atoms with Crippen LogP contribution in [0.25, 0.3) is 10.2 Å². The summed E-state index contributed by atoms with van der Waals surface area (Å²) in [4.78, 5) is 28.5. The molecular weight excluding hydrogens is 372 g/mol. The van der Waals surface area contributed by atoms with Gasteiger partial charge in [-0.1, -0.05) is 30.3 Å². The molecule has 0 aliphatic rings. The van der Waals surface area contributed by atoms with E-state index < -0.39 is 0 Å². The minimum atomic E-state index is -0.255. The Balaban J connectivity index is 1.35. The van der Waals surface area contributed by atoms with Crippen molar-refractivity contribution < 1.29 is 14.3 Å². The fourth-order valence-electron chi connectivity index (χ4n) is 2.94. The summed E-state index contributed by atoms with van der Waals surface area (Å²) in [5, 5.41) is 3.88. The summed E-state index contributed by atoms with van der Waals surface area (Å²) in [6.07, 6.45) is 1.70. The third-order valence-electron chi connectivity index (χ3n) is 4.44. The molecular formula is C22H24N2O3S. The van der Waals surface area contributed by atoms with E-state index in [1.165, 1.54) is 0 Å². The van der Waals surface area contributed by atoms with Gasteiger partial charge in [0.15, 0.2) is 0 Å². The van der Waals surface area contributed by atoms with E-state index in [4.69, 9.17) is 4.74 Å². The number of para-hydroxylation sites is 2. The first-order valence-corrected chi connectivity index (χ1v) is 10.2. The lowest BCUT2D eigenvalue weighted by molar-refractivity contribution is -0.144. The topological polar surface area (TPSA) is 68.3 Å². The van der Waals surface area contributed by atoms with Gasteiger partial charge in [0.2, 0.25) is 5.91 Å². The number of nitrogens with one attached hydrogen (secondary N) is 1. The summed E-state index contributed by atoms with van der Waals surface area (Å²) >= 11 is 1.60. The van der Waals surface area contributed by atoms with Gasteiger partial charge in [-0.2, -0.15) is 0 Å². The number of amides is 1. The Labute approximate surface area is 168 Å². The molecule has 0 aliphatic heterocycles. The van der Waals surface area contributed by atoms with E-state index in [9.17, 15) is 9.59 Å². The highest BCUT2D eigenvalue weighted by Gasteiger charge is 2.10. The van der Waals surface area contributed by atoms with Crippen LogP contribution in [0.3, 0.4) is 0 Å². The Bertz CT molecular complexity index is 928. The van der Waals surface area contributed by atoms with Crippen LogP contribution in [0.15, 0.2) is 42.5 Å². The second-order valence-electron chi connectivity index (χ2n) is 6.71. The molecule has 1 N–H and O–H groups in total. The van der Waals surface area contributed by atoms with E-state index in [0.717, 1.165) is 32.0 Å². The van der Waals surface area contributed by atoms with Crippen LogP contribution in [0, 0.1) is 13.8 Å². The normalized spacial score (nSPS) is 10.8. The molecule has 6 heteroatoms. The zero-order chi connectivity index (χ0) is 19.9. The fourth-order valence-corrected chi connectivity index (χ4v) is 3.91. The SMILES string of the molecule is Cc1cccc(C)c1NC(=O)CCCOC(=O)CCc1nc2ccccc2s1. The Kier molecular flexibility index (Phi) is 6.76. The molecule has 0 atom stereocenters. The van der Waals surface area contributed by atoms with Crippen molar-refractivity contribution in [3.8, 4) is 0 Å². The summed E-state index contributed by atoms with van der Waals surface area (Å²) in [6, 6.07) is 13.8. The predicted molar refractivity (Wildman–Crippen MR) is 113 cm³/mol. The van der Waals surface area contributed by atoms with Gasteiger partial charge in [0.25, 0.3) is 0 Å². The van der Waals surface area contributed by atoms with Gasteiger partial charge in [-0.05, 0) is 43.5 Å². The van der Waals surface area contributed by atoms with Crippen LogP contribution >= 0.6 is 11.3 Å². The van der Waals surface area contributed by atoms with Gasteiger partial charge in [-0.25, -0.2) is 4.98 Å². The fraction of sp³-hybridized carbons (Fsp3) is 0.318. The highest BCUT2D eigenvalue weighted by molar-refractivity contribution is 7.18. The molecule has 1 amide bonds. The van der Waals surface area contributed by atoms with Gasteiger partial charge in [0.1, 0.15) is 0 Å². The molecule has 0 aliphatic carbocycles. The van der Waals surface area contributed by atoms with Crippen molar-refractivity contribution in [2.24, 2.45) is 0 Å². The Morgan fingerprint density at radius 3 is 2.54 bits per heavy atom. The number of hydrogen-bond acceptors (Lipinski definition) is 5. The van der Waals surface area contributed by atoms with Crippen molar-refractivity contribution in [1.82, 2.24) is 4.98 Å². The molecule has 0 saturated heterocycles. The van der Waals surface area contributed by atoms with Gasteiger partial charge >= 0.3 is 5.97 Å². The lowest BCUT2D eigenvalue weighted by atomic mass is 10.1. The molecule has 5 nitrogen and oxygen atoms in total. The number of nitrogens with zero attached hydrogens (tertiary/aromatic N) is 1. The third-order valence-corrected chi connectivity index (χ3v) is 5.53. The zero-order valence-corrected chi connectivity index (χ0v) is 17.0. The van der Waals surface area contributed by atoms with Crippen molar-refractivity contribution in [2.45, 2.75) is 39.5 Å². The summed E-state index contributed by atoms with van der Waals surface area (Å²) in [6.45, 7) is 4.19. The van der Waals surface area contributed by atoms with Crippen molar-refractivity contribution in [1.29, 1.82) is 0 Å². The second-order valence-corrected chi connectivity index (χ2v) is 7.83. The Morgan fingerprint density at radius 1 is 1.04 bits per heavy atom. The number of fused-ring (bicyclic) bond motifs is 1. The van der Waals surface area contributed by atoms with Crippen LogP contribution in [-0.2, 0) is 20.7 Å². The summed E-state index contributed by atoms with van der Waals surface area (Å²) in [5.41, 5.74) is 3.90. The first-order valence-electron chi connectivity index (χ1n) is 9.39. The number of aromatic nitrogens is 1. The number of rotatable bonds is 8. The maximum atomic E-state index is 12.1. The van der Waals surface area contributed by atoms with Gasteiger partial charge in [0.05, 0.1) is 28.3 Å². The van der Waals surface area contributed by atoms with Gasteiger partial charge < -0.3 is 10.1 Å². The molecule has 2 aromatic carbocycles. The van der Waals surface area contributed by atoms with Crippen LogP contribution in [0.4, 0.5) is 5.69 Å². The molecule has 0 unspecified atom stereocenters. The molecule has 0 bridgehead atoms. The maximum Gasteiger partial charge on any atom is 0.306 e. The number of anilines is 1. The van der Waals surface area contributed by atoms with Crippen molar-refractivity contribution in [2.75, 3.05) is 11.9 Å². The average molecular weight is 397 g/mol. The summed E-state index contributed by atoms with van der Waals surface area (Å²) < 4.78 is 6.37. The maximum absolute atomic E-state index is 12.1. The van der Waals surface area contributed by atoms with Gasteiger partial charge in [0, 0.05) is 18.5 Å². The number of carbonyl (C=O) groups excluding carboxylic acids is 2. The Morgan fingerprint density at radius 2 is 1.79 bits per heavy atom. The molecule has 1 heterocycles. The average Bonchev–Trinajstić information content (AvgIpc) is 3.10. The molecule has 1 aromatic heterocycles. The van der Waals surface area contributed by atoms with Crippen LogP contribution in [0.1, 0.15) is 35.4 Å². The highest BCUT2D eigenvalue weighted by atomic mass is 32.1. The van der Waals surface area contributed by atoms with E-state index in [1.807, 2.05) is 56.3 Å². The molecule has 146 valence electrons. The van der Waals surface area contributed by atoms with Gasteiger partial charge in [-0.15, -0.1) is 11.3 Å². The lowest BCUT2D eigenvalue weighted by Gasteiger charge is -2.11.